The Hall–Kier alpha value is -2.78. The van der Waals surface area contributed by atoms with Gasteiger partial charge >= 0.3 is 0 Å². The topological polar surface area (TPSA) is 85.3 Å². The predicted octanol–water partition coefficient (Wildman–Crippen LogP) is 3.99. The van der Waals surface area contributed by atoms with Crippen LogP contribution in [-0.2, 0) is 6.54 Å². The second-order valence-electron chi connectivity index (χ2n) is 5.61. The SMILES string of the molecule is CCNCc1nc2c(/C(=N/O)Nc3ccc(F)c(Cl)c3)cc(F)c(F)c2[nH]1. The van der Waals surface area contributed by atoms with E-state index in [1.165, 1.54) is 12.1 Å². The van der Waals surface area contributed by atoms with E-state index < -0.39 is 17.5 Å². The van der Waals surface area contributed by atoms with Crippen LogP contribution >= 0.6 is 11.6 Å². The fourth-order valence-corrected chi connectivity index (χ4v) is 2.70. The highest BCUT2D eigenvalue weighted by Gasteiger charge is 2.20. The van der Waals surface area contributed by atoms with Gasteiger partial charge in [-0.3, -0.25) is 0 Å². The minimum Gasteiger partial charge on any atom is -0.409 e. The highest BCUT2D eigenvalue weighted by atomic mass is 35.5. The van der Waals surface area contributed by atoms with Crippen LogP contribution in [0, 0.1) is 17.5 Å². The van der Waals surface area contributed by atoms with Gasteiger partial charge in [0.15, 0.2) is 17.5 Å². The molecular weight excluding hydrogens is 383 g/mol. The number of imidazole rings is 1. The van der Waals surface area contributed by atoms with Crippen molar-refractivity contribution in [2.45, 2.75) is 13.5 Å². The number of halogens is 4. The molecule has 1 heterocycles. The summed E-state index contributed by atoms with van der Waals surface area (Å²) >= 11 is 5.73. The van der Waals surface area contributed by atoms with Crippen molar-refractivity contribution < 1.29 is 18.4 Å². The number of aromatic amines is 1. The molecule has 4 N–H and O–H groups in total. The van der Waals surface area contributed by atoms with E-state index in [4.69, 9.17) is 11.6 Å². The van der Waals surface area contributed by atoms with Crippen molar-refractivity contribution in [1.29, 1.82) is 0 Å². The van der Waals surface area contributed by atoms with Crippen molar-refractivity contribution in [3.63, 3.8) is 0 Å². The van der Waals surface area contributed by atoms with Gasteiger partial charge in [-0.1, -0.05) is 23.7 Å². The van der Waals surface area contributed by atoms with E-state index in [2.05, 4.69) is 25.8 Å². The van der Waals surface area contributed by atoms with Crippen LogP contribution in [-0.4, -0.2) is 27.6 Å². The fraction of sp³-hybridized carbons (Fsp3) is 0.176. The van der Waals surface area contributed by atoms with Crippen molar-refractivity contribution in [3.8, 4) is 0 Å². The smallest absolute Gasteiger partial charge is 0.184 e. The van der Waals surface area contributed by atoms with Crippen LogP contribution in [0.2, 0.25) is 5.02 Å². The molecule has 0 atom stereocenters. The molecular formula is C17H15ClF3N5O. The molecule has 0 aliphatic heterocycles. The quantitative estimate of drug-likeness (QED) is 0.227. The number of amidine groups is 1. The number of anilines is 1. The first-order valence-electron chi connectivity index (χ1n) is 7.96. The summed E-state index contributed by atoms with van der Waals surface area (Å²) in [6.45, 7) is 2.87. The molecule has 10 heteroatoms. The Kier molecular flexibility index (Phi) is 5.52. The maximum absolute atomic E-state index is 14.2. The highest BCUT2D eigenvalue weighted by molar-refractivity contribution is 6.31. The number of nitrogens with one attached hydrogen (secondary N) is 3. The summed E-state index contributed by atoms with van der Waals surface area (Å²) in [7, 11) is 0. The van der Waals surface area contributed by atoms with E-state index in [1.54, 1.807) is 0 Å². The van der Waals surface area contributed by atoms with Gasteiger partial charge in [0.05, 0.1) is 17.1 Å². The van der Waals surface area contributed by atoms with Crippen LogP contribution < -0.4 is 10.6 Å². The fourth-order valence-electron chi connectivity index (χ4n) is 2.52. The number of hydrogen-bond donors (Lipinski definition) is 4. The first-order chi connectivity index (χ1) is 12.9. The van der Waals surface area contributed by atoms with Gasteiger partial charge in [-0.25, -0.2) is 18.2 Å². The Morgan fingerprint density at radius 1 is 1.26 bits per heavy atom. The standard InChI is InChI=1S/C17H15ClF3N5O/c1-2-22-7-13-24-15-9(6-12(20)14(21)16(15)25-13)17(26-27)23-8-3-4-11(19)10(18)5-8/h3-6,22,27H,2,7H2,1H3,(H,23,26)(H,24,25). The van der Waals surface area contributed by atoms with Crippen molar-refractivity contribution in [3.05, 3.63) is 58.1 Å². The third-order valence-electron chi connectivity index (χ3n) is 3.79. The van der Waals surface area contributed by atoms with Gasteiger partial charge in [0, 0.05) is 5.69 Å². The zero-order chi connectivity index (χ0) is 19.6. The number of rotatable bonds is 5. The molecule has 0 saturated carbocycles. The number of aromatic nitrogens is 2. The molecule has 2 aromatic carbocycles. The molecule has 1 aromatic heterocycles. The first-order valence-corrected chi connectivity index (χ1v) is 8.34. The second-order valence-corrected chi connectivity index (χ2v) is 6.02. The van der Waals surface area contributed by atoms with Gasteiger partial charge in [-0.2, -0.15) is 0 Å². The third kappa shape index (κ3) is 3.83. The first kappa shape index (κ1) is 19.0. The van der Waals surface area contributed by atoms with Gasteiger partial charge in [0.2, 0.25) is 0 Å². The van der Waals surface area contributed by atoms with Gasteiger partial charge in [-0.15, -0.1) is 0 Å². The molecule has 142 valence electrons. The van der Waals surface area contributed by atoms with Crippen LogP contribution in [0.4, 0.5) is 18.9 Å². The van der Waals surface area contributed by atoms with Gasteiger partial charge < -0.3 is 20.8 Å². The molecule has 0 fully saturated rings. The Balaban J connectivity index is 2.05. The number of fused-ring (bicyclic) bond motifs is 1. The summed E-state index contributed by atoms with van der Waals surface area (Å²) in [6.07, 6.45) is 0. The van der Waals surface area contributed by atoms with Gasteiger partial charge in [0.25, 0.3) is 0 Å². The van der Waals surface area contributed by atoms with Crippen molar-refractivity contribution in [1.82, 2.24) is 15.3 Å². The summed E-state index contributed by atoms with van der Waals surface area (Å²) in [6, 6.07) is 4.59. The lowest BCUT2D eigenvalue weighted by Gasteiger charge is -2.10. The number of H-pyrrole nitrogens is 1. The minimum atomic E-state index is -1.14. The summed E-state index contributed by atoms with van der Waals surface area (Å²) in [5, 5.41) is 18.1. The lowest BCUT2D eigenvalue weighted by Crippen LogP contribution is -2.15. The zero-order valence-electron chi connectivity index (χ0n) is 14.1. The monoisotopic (exact) mass is 397 g/mol. The van der Waals surface area contributed by atoms with E-state index in [0.717, 1.165) is 12.1 Å². The molecule has 0 aliphatic rings. The molecule has 0 radical (unpaired) electrons. The molecule has 0 amide bonds. The lowest BCUT2D eigenvalue weighted by atomic mass is 10.1. The molecule has 0 unspecified atom stereocenters. The minimum absolute atomic E-state index is 0.0193. The lowest BCUT2D eigenvalue weighted by molar-refractivity contribution is 0.319. The summed E-state index contributed by atoms with van der Waals surface area (Å²) < 4.78 is 41.5. The van der Waals surface area contributed by atoms with E-state index in [0.29, 0.717) is 18.9 Å². The van der Waals surface area contributed by atoms with Gasteiger partial charge in [-0.05, 0) is 30.8 Å². The summed E-state index contributed by atoms with van der Waals surface area (Å²) in [4.78, 5) is 6.97. The van der Waals surface area contributed by atoms with E-state index in [9.17, 15) is 18.4 Å². The Bertz CT molecular complexity index is 1020. The number of nitrogens with zero attached hydrogens (tertiary/aromatic N) is 2. The van der Waals surface area contributed by atoms with E-state index in [1.807, 2.05) is 6.92 Å². The zero-order valence-corrected chi connectivity index (χ0v) is 14.8. The van der Waals surface area contributed by atoms with Gasteiger partial charge in [0.1, 0.15) is 22.7 Å². The molecule has 0 aliphatic carbocycles. The molecule has 6 nitrogen and oxygen atoms in total. The predicted molar refractivity (Wildman–Crippen MR) is 96.7 cm³/mol. The second kappa shape index (κ2) is 7.85. The van der Waals surface area contributed by atoms with Crippen LogP contribution in [0.3, 0.4) is 0 Å². The van der Waals surface area contributed by atoms with E-state index in [-0.39, 0.29) is 33.1 Å². The Morgan fingerprint density at radius 2 is 2.04 bits per heavy atom. The van der Waals surface area contributed by atoms with E-state index >= 15 is 0 Å². The van der Waals surface area contributed by atoms with Crippen molar-refractivity contribution in [2.24, 2.45) is 5.16 Å². The summed E-state index contributed by atoms with van der Waals surface area (Å²) in [5.41, 5.74) is 0.231. The molecule has 27 heavy (non-hydrogen) atoms. The largest absolute Gasteiger partial charge is 0.409 e. The number of hydrogen-bond acceptors (Lipinski definition) is 4. The molecule has 3 rings (SSSR count). The molecule has 0 bridgehead atoms. The maximum Gasteiger partial charge on any atom is 0.184 e. The Morgan fingerprint density at radius 3 is 2.70 bits per heavy atom. The maximum atomic E-state index is 14.2. The van der Waals surface area contributed by atoms with Crippen molar-refractivity contribution >= 4 is 34.2 Å². The van der Waals surface area contributed by atoms with Crippen LogP contribution in [0.15, 0.2) is 29.4 Å². The average Bonchev–Trinajstić information content (AvgIpc) is 3.08. The number of oxime groups is 1. The number of benzene rings is 2. The van der Waals surface area contributed by atoms with Crippen molar-refractivity contribution in [2.75, 3.05) is 11.9 Å². The highest BCUT2D eigenvalue weighted by Crippen LogP contribution is 2.25. The van der Waals surface area contributed by atoms with Crippen LogP contribution in [0.1, 0.15) is 18.3 Å². The third-order valence-corrected chi connectivity index (χ3v) is 4.08. The normalized spacial score (nSPS) is 12.0. The summed E-state index contributed by atoms with van der Waals surface area (Å²) in [5.74, 6) is -2.68. The molecule has 0 spiro atoms. The Labute approximate surface area is 157 Å². The van der Waals surface area contributed by atoms with Crippen LogP contribution in [0.5, 0.6) is 0 Å². The molecule has 0 saturated heterocycles. The molecule has 3 aromatic rings. The average molecular weight is 398 g/mol. The van der Waals surface area contributed by atoms with Crippen LogP contribution in [0.25, 0.3) is 11.0 Å².